The Kier molecular flexibility index (Phi) is 5.56. The number of hydrogen-bond acceptors (Lipinski definition) is 6. The minimum atomic E-state index is -3.59. The highest BCUT2D eigenvalue weighted by Gasteiger charge is 2.34. The second-order valence-electron chi connectivity index (χ2n) is 8.82. The number of likely N-dealkylation sites (tertiary alicyclic amines) is 1. The summed E-state index contributed by atoms with van der Waals surface area (Å²) in [5.74, 6) is 1.67. The van der Waals surface area contributed by atoms with E-state index in [0.29, 0.717) is 43.6 Å². The summed E-state index contributed by atoms with van der Waals surface area (Å²) in [7, 11) is -3.59. The van der Waals surface area contributed by atoms with Crippen LogP contribution in [0.25, 0.3) is 11.4 Å². The molecule has 0 unspecified atom stereocenters. The van der Waals surface area contributed by atoms with Crippen molar-refractivity contribution >= 4 is 15.9 Å². The lowest BCUT2D eigenvalue weighted by molar-refractivity contribution is -0.137. The standard InChI is InChI=1S/C22H28N4O4S/c27-22(25-12-2-1-3-13-25)18-10-14-26(15-11-18)31(28,29)19-8-6-16(7-9-19)20-23-21(30-24-20)17-4-5-17/h6-9,17-18H,1-5,10-15H2. The number of piperidine rings is 2. The van der Waals surface area contributed by atoms with Crippen LogP contribution in [0, 0.1) is 5.92 Å². The van der Waals surface area contributed by atoms with E-state index in [4.69, 9.17) is 4.52 Å². The van der Waals surface area contributed by atoms with Crippen LogP contribution in [0.5, 0.6) is 0 Å². The largest absolute Gasteiger partial charge is 0.342 e. The van der Waals surface area contributed by atoms with Gasteiger partial charge in [-0.2, -0.15) is 9.29 Å². The van der Waals surface area contributed by atoms with Crippen LogP contribution in [0.1, 0.15) is 56.8 Å². The van der Waals surface area contributed by atoms with E-state index in [1.807, 2.05) is 4.90 Å². The number of carbonyl (C=O) groups is 1. The highest BCUT2D eigenvalue weighted by molar-refractivity contribution is 7.89. The van der Waals surface area contributed by atoms with Gasteiger partial charge in [0.1, 0.15) is 0 Å². The summed E-state index contributed by atoms with van der Waals surface area (Å²) in [6.07, 6.45) is 6.66. The maximum absolute atomic E-state index is 13.1. The van der Waals surface area contributed by atoms with Gasteiger partial charge < -0.3 is 9.42 Å². The molecule has 3 heterocycles. The van der Waals surface area contributed by atoms with E-state index < -0.39 is 10.0 Å². The highest BCUT2D eigenvalue weighted by atomic mass is 32.2. The Morgan fingerprint density at radius 1 is 0.935 bits per heavy atom. The van der Waals surface area contributed by atoms with E-state index in [1.165, 1.54) is 10.7 Å². The second-order valence-corrected chi connectivity index (χ2v) is 10.8. The zero-order chi connectivity index (χ0) is 21.4. The third-order valence-corrected chi connectivity index (χ3v) is 8.50. The van der Waals surface area contributed by atoms with Gasteiger partial charge in [0, 0.05) is 43.6 Å². The quantitative estimate of drug-likeness (QED) is 0.703. The number of carbonyl (C=O) groups excluding carboxylic acids is 1. The number of nitrogens with zero attached hydrogens (tertiary/aromatic N) is 4. The first-order valence-corrected chi connectivity index (χ1v) is 12.7. The minimum Gasteiger partial charge on any atom is -0.342 e. The number of amides is 1. The fourth-order valence-corrected chi connectivity index (χ4v) is 5.96. The summed E-state index contributed by atoms with van der Waals surface area (Å²) < 4.78 is 33.0. The summed E-state index contributed by atoms with van der Waals surface area (Å²) in [5.41, 5.74) is 0.737. The highest BCUT2D eigenvalue weighted by Crippen LogP contribution is 2.39. The van der Waals surface area contributed by atoms with Crippen LogP contribution >= 0.6 is 0 Å². The van der Waals surface area contributed by atoms with Gasteiger partial charge in [0.05, 0.1) is 4.90 Å². The molecule has 0 N–H and O–H groups in total. The number of sulfonamides is 1. The fourth-order valence-electron chi connectivity index (χ4n) is 4.49. The normalized spacial score (nSPS) is 21.4. The van der Waals surface area contributed by atoms with Crippen LogP contribution in [-0.2, 0) is 14.8 Å². The summed E-state index contributed by atoms with van der Waals surface area (Å²) in [6, 6.07) is 6.65. The fraction of sp³-hybridized carbons (Fsp3) is 0.591. The molecule has 2 aromatic rings. The Labute approximate surface area is 182 Å². The lowest BCUT2D eigenvalue weighted by Gasteiger charge is -2.35. The SMILES string of the molecule is O=C(C1CCN(S(=O)(=O)c2ccc(-c3noc(C4CC4)n3)cc2)CC1)N1CCCCC1. The first-order valence-electron chi connectivity index (χ1n) is 11.3. The van der Waals surface area contributed by atoms with Gasteiger partial charge in [-0.25, -0.2) is 8.42 Å². The van der Waals surface area contributed by atoms with Crippen LogP contribution in [-0.4, -0.2) is 59.8 Å². The molecule has 0 bridgehead atoms. The van der Waals surface area contributed by atoms with Crippen LogP contribution in [0.4, 0.5) is 0 Å². The van der Waals surface area contributed by atoms with Gasteiger partial charge in [-0.15, -0.1) is 0 Å². The zero-order valence-corrected chi connectivity index (χ0v) is 18.4. The van der Waals surface area contributed by atoms with E-state index in [9.17, 15) is 13.2 Å². The van der Waals surface area contributed by atoms with E-state index >= 15 is 0 Å². The van der Waals surface area contributed by atoms with Crippen LogP contribution in [0.3, 0.4) is 0 Å². The van der Waals surface area contributed by atoms with Crippen molar-refractivity contribution in [1.82, 2.24) is 19.3 Å². The molecule has 1 amide bonds. The van der Waals surface area contributed by atoms with Crippen molar-refractivity contribution in [3.05, 3.63) is 30.2 Å². The predicted molar refractivity (Wildman–Crippen MR) is 114 cm³/mol. The van der Waals surface area contributed by atoms with Crippen LogP contribution in [0.2, 0.25) is 0 Å². The van der Waals surface area contributed by atoms with Gasteiger partial charge in [0.2, 0.25) is 27.6 Å². The number of hydrogen-bond donors (Lipinski definition) is 0. The summed E-state index contributed by atoms with van der Waals surface area (Å²) in [4.78, 5) is 19.4. The predicted octanol–water partition coefficient (Wildman–Crippen LogP) is 3.03. The third kappa shape index (κ3) is 4.25. The molecule has 2 aliphatic heterocycles. The smallest absolute Gasteiger partial charge is 0.243 e. The molecule has 1 aromatic carbocycles. The molecular formula is C22H28N4O4S. The first-order chi connectivity index (χ1) is 15.0. The van der Waals surface area contributed by atoms with E-state index in [2.05, 4.69) is 10.1 Å². The van der Waals surface area contributed by atoms with Gasteiger partial charge >= 0.3 is 0 Å². The maximum Gasteiger partial charge on any atom is 0.243 e. The van der Waals surface area contributed by atoms with Gasteiger partial charge in [-0.05, 0) is 69.2 Å². The number of rotatable bonds is 5. The molecule has 3 fully saturated rings. The Bertz CT molecular complexity index is 1030. The monoisotopic (exact) mass is 444 g/mol. The number of benzene rings is 1. The molecule has 5 rings (SSSR count). The summed E-state index contributed by atoms with van der Waals surface area (Å²) >= 11 is 0. The number of aromatic nitrogens is 2. The molecule has 0 atom stereocenters. The van der Waals surface area contributed by atoms with Gasteiger partial charge in [0.15, 0.2) is 0 Å². The van der Waals surface area contributed by atoms with E-state index in [0.717, 1.165) is 44.3 Å². The maximum atomic E-state index is 13.1. The van der Waals surface area contributed by atoms with Crippen molar-refractivity contribution < 1.29 is 17.7 Å². The summed E-state index contributed by atoms with van der Waals surface area (Å²) in [5, 5.41) is 4.01. The first kappa shape index (κ1) is 20.6. The Morgan fingerprint density at radius 2 is 1.61 bits per heavy atom. The van der Waals surface area contributed by atoms with Crippen LogP contribution in [0.15, 0.2) is 33.7 Å². The molecule has 1 saturated carbocycles. The zero-order valence-electron chi connectivity index (χ0n) is 17.6. The third-order valence-electron chi connectivity index (χ3n) is 6.59. The molecular weight excluding hydrogens is 416 g/mol. The summed E-state index contributed by atoms with van der Waals surface area (Å²) in [6.45, 7) is 2.44. The molecule has 0 spiro atoms. The molecule has 31 heavy (non-hydrogen) atoms. The molecule has 1 aromatic heterocycles. The molecule has 1 aliphatic carbocycles. The minimum absolute atomic E-state index is 0.0640. The molecule has 3 aliphatic rings. The van der Waals surface area contributed by atoms with Crippen molar-refractivity contribution in [2.45, 2.75) is 55.8 Å². The molecule has 2 saturated heterocycles. The second kappa shape index (κ2) is 8.35. The topological polar surface area (TPSA) is 96.6 Å². The van der Waals surface area contributed by atoms with E-state index in [-0.39, 0.29) is 16.7 Å². The van der Waals surface area contributed by atoms with Crippen molar-refractivity contribution in [2.75, 3.05) is 26.2 Å². The van der Waals surface area contributed by atoms with Gasteiger partial charge in [-0.3, -0.25) is 4.79 Å². The van der Waals surface area contributed by atoms with E-state index in [1.54, 1.807) is 24.3 Å². The molecule has 8 nitrogen and oxygen atoms in total. The van der Waals surface area contributed by atoms with Crippen molar-refractivity contribution in [2.24, 2.45) is 5.92 Å². The lowest BCUT2D eigenvalue weighted by Crippen LogP contribution is -2.45. The molecule has 166 valence electrons. The average molecular weight is 445 g/mol. The van der Waals surface area contributed by atoms with Gasteiger partial charge in [-0.1, -0.05) is 5.16 Å². The Balaban J connectivity index is 1.22. The van der Waals surface area contributed by atoms with Crippen LogP contribution < -0.4 is 0 Å². The van der Waals surface area contributed by atoms with Crippen molar-refractivity contribution in [1.29, 1.82) is 0 Å². The van der Waals surface area contributed by atoms with Crippen molar-refractivity contribution in [3.8, 4) is 11.4 Å². The Morgan fingerprint density at radius 3 is 2.26 bits per heavy atom. The molecule has 0 radical (unpaired) electrons. The lowest BCUT2D eigenvalue weighted by atomic mass is 9.95. The van der Waals surface area contributed by atoms with Gasteiger partial charge in [0.25, 0.3) is 0 Å². The molecule has 9 heteroatoms. The Hall–Kier alpha value is -2.26. The average Bonchev–Trinajstić information content (AvgIpc) is 3.56. The van der Waals surface area contributed by atoms with Crippen molar-refractivity contribution in [3.63, 3.8) is 0 Å².